The van der Waals surface area contributed by atoms with Crippen molar-refractivity contribution in [2.24, 2.45) is 5.92 Å². The second kappa shape index (κ2) is 11.3. The number of benzene rings is 2. The Morgan fingerprint density at radius 2 is 1.84 bits per heavy atom. The summed E-state index contributed by atoms with van der Waals surface area (Å²) < 4.78 is 72.7. The highest BCUT2D eigenvalue weighted by Crippen LogP contribution is 2.30. The van der Waals surface area contributed by atoms with E-state index in [0.29, 0.717) is 11.3 Å². The molecule has 2 aromatic rings. The molecule has 3 atom stereocenters. The molecule has 204 valence electrons. The number of carbonyl (C=O) groups is 1. The maximum Gasteiger partial charge on any atom is 0.261 e. The average Bonchev–Trinajstić information content (AvgIpc) is 2.86. The fraction of sp³-hybridized carbons (Fsp3) is 0.458. The number of nitrogens with one attached hydrogen (secondary N) is 1. The van der Waals surface area contributed by atoms with E-state index in [2.05, 4.69) is 4.72 Å². The van der Waals surface area contributed by atoms with Crippen molar-refractivity contribution < 1.29 is 35.9 Å². The van der Waals surface area contributed by atoms with Crippen molar-refractivity contribution in [3.8, 4) is 5.75 Å². The third-order valence-electron chi connectivity index (χ3n) is 6.30. The van der Waals surface area contributed by atoms with E-state index in [1.165, 1.54) is 34.5 Å². The number of likely N-dealkylation sites (N-methyl/N-ethyl adjacent to an activating group) is 1. The number of sulfonamides is 2. The minimum Gasteiger partial charge on any atom is -0.488 e. The van der Waals surface area contributed by atoms with Crippen LogP contribution in [0.4, 0.5) is 10.1 Å². The van der Waals surface area contributed by atoms with E-state index in [-0.39, 0.29) is 48.5 Å². The smallest absolute Gasteiger partial charge is 0.261 e. The molecule has 2 aromatic carbocycles. The molecule has 1 aliphatic heterocycles. The molecule has 0 aromatic heterocycles. The summed E-state index contributed by atoms with van der Waals surface area (Å²) in [7, 11) is -6.10. The molecule has 1 heterocycles. The zero-order valence-corrected chi connectivity index (χ0v) is 22.7. The lowest BCUT2D eigenvalue weighted by atomic mass is 10.0. The predicted octanol–water partition coefficient (Wildman–Crippen LogP) is 1.67. The van der Waals surface area contributed by atoms with Gasteiger partial charge >= 0.3 is 0 Å². The highest BCUT2D eigenvalue weighted by molar-refractivity contribution is 7.92. The molecule has 1 aliphatic rings. The molecule has 1 amide bonds. The Balaban J connectivity index is 1.99. The summed E-state index contributed by atoms with van der Waals surface area (Å²) in [5, 5.41) is 9.72. The molecule has 0 radical (unpaired) electrons. The number of aliphatic hydroxyl groups is 1. The number of hydrogen-bond donors (Lipinski definition) is 2. The highest BCUT2D eigenvalue weighted by atomic mass is 32.2. The van der Waals surface area contributed by atoms with E-state index in [4.69, 9.17) is 4.74 Å². The van der Waals surface area contributed by atoms with Gasteiger partial charge in [0.1, 0.15) is 17.7 Å². The number of carbonyl (C=O) groups excluding carboxylic acids is 1. The molecule has 3 rings (SSSR count). The largest absolute Gasteiger partial charge is 0.488 e. The normalized spacial score (nSPS) is 19.9. The minimum absolute atomic E-state index is 0.0217. The lowest BCUT2D eigenvalue weighted by Gasteiger charge is -2.33. The van der Waals surface area contributed by atoms with Gasteiger partial charge in [0, 0.05) is 30.8 Å². The summed E-state index contributed by atoms with van der Waals surface area (Å²) in [4.78, 5) is 14.6. The van der Waals surface area contributed by atoms with Gasteiger partial charge in [-0.05, 0) is 49.4 Å². The predicted molar refractivity (Wildman–Crippen MR) is 137 cm³/mol. The summed E-state index contributed by atoms with van der Waals surface area (Å²) >= 11 is 0. The Morgan fingerprint density at radius 3 is 2.43 bits per heavy atom. The average molecular weight is 558 g/mol. The van der Waals surface area contributed by atoms with Gasteiger partial charge in [0.25, 0.3) is 10.0 Å². The Hall–Kier alpha value is -2.74. The van der Waals surface area contributed by atoms with Gasteiger partial charge in [-0.15, -0.1) is 0 Å². The minimum atomic E-state index is -4.03. The third kappa shape index (κ3) is 7.18. The first-order chi connectivity index (χ1) is 17.2. The molecule has 0 spiro atoms. The Morgan fingerprint density at radius 1 is 1.19 bits per heavy atom. The number of aliphatic hydroxyl groups excluding tert-OH is 1. The quantitative estimate of drug-likeness (QED) is 0.504. The Kier molecular flexibility index (Phi) is 8.83. The van der Waals surface area contributed by atoms with Crippen LogP contribution in [-0.2, 0) is 31.3 Å². The van der Waals surface area contributed by atoms with Crippen LogP contribution in [0.25, 0.3) is 0 Å². The maximum atomic E-state index is 13.2. The lowest BCUT2D eigenvalue weighted by Crippen LogP contribution is -2.48. The highest BCUT2D eigenvalue weighted by Gasteiger charge is 2.32. The molecule has 0 aliphatic carbocycles. The van der Waals surface area contributed by atoms with Gasteiger partial charge in [-0.2, -0.15) is 0 Å². The molecule has 0 saturated carbocycles. The molecule has 37 heavy (non-hydrogen) atoms. The van der Waals surface area contributed by atoms with Crippen LogP contribution in [0.2, 0.25) is 0 Å². The van der Waals surface area contributed by atoms with Crippen LogP contribution in [0.1, 0.15) is 19.4 Å². The number of halogens is 1. The Bertz CT molecular complexity index is 1330. The fourth-order valence-corrected chi connectivity index (χ4v) is 5.39. The van der Waals surface area contributed by atoms with Crippen LogP contribution in [0, 0.1) is 11.7 Å². The standard InChI is InChI=1S/C24H32FN3O7S2/c1-16-13-28(17(2)15-29)24(30)12-18-11-20(26-37(33,34)21-8-5-19(25)6-9-21)7-10-22(18)35-23(16)14-27(3)36(4,31)32/h5-11,16-17,23,26,29H,12-15H2,1-4H3/t16-,17-,23-/m1/s1. The van der Waals surface area contributed by atoms with Crippen LogP contribution < -0.4 is 9.46 Å². The molecule has 10 nitrogen and oxygen atoms in total. The van der Waals surface area contributed by atoms with E-state index in [1.807, 2.05) is 6.92 Å². The van der Waals surface area contributed by atoms with Gasteiger partial charge in [0.15, 0.2) is 0 Å². The van der Waals surface area contributed by atoms with Gasteiger partial charge in [-0.1, -0.05) is 6.92 Å². The zero-order valence-electron chi connectivity index (χ0n) is 21.1. The van der Waals surface area contributed by atoms with Crippen LogP contribution in [0.15, 0.2) is 47.4 Å². The SMILES string of the molecule is C[C@@H]1CN([C@H](C)CO)C(=O)Cc2cc(NS(=O)(=O)c3ccc(F)cc3)ccc2O[C@@H]1CN(C)S(C)(=O)=O. The van der Waals surface area contributed by atoms with Crippen LogP contribution in [0.3, 0.4) is 0 Å². The summed E-state index contributed by atoms with van der Waals surface area (Å²) in [6.07, 6.45) is 0.316. The van der Waals surface area contributed by atoms with Crippen molar-refractivity contribution >= 4 is 31.6 Å². The number of rotatable bonds is 8. The monoisotopic (exact) mass is 557 g/mol. The molecule has 0 bridgehead atoms. The van der Waals surface area contributed by atoms with E-state index in [0.717, 1.165) is 30.5 Å². The maximum absolute atomic E-state index is 13.2. The van der Waals surface area contributed by atoms with Crippen molar-refractivity contribution in [2.45, 2.75) is 37.3 Å². The molecular formula is C24H32FN3O7S2. The van der Waals surface area contributed by atoms with Crippen LogP contribution >= 0.6 is 0 Å². The molecule has 0 unspecified atom stereocenters. The van der Waals surface area contributed by atoms with Crippen molar-refractivity contribution in [1.29, 1.82) is 0 Å². The van der Waals surface area contributed by atoms with E-state index < -0.39 is 38.0 Å². The summed E-state index contributed by atoms with van der Waals surface area (Å²) in [5.41, 5.74) is 0.555. The number of ether oxygens (including phenoxy) is 1. The van der Waals surface area contributed by atoms with Crippen LogP contribution in [-0.4, -0.2) is 82.2 Å². The Labute approximate surface area is 217 Å². The van der Waals surface area contributed by atoms with Gasteiger partial charge in [-0.3, -0.25) is 9.52 Å². The van der Waals surface area contributed by atoms with Crippen molar-refractivity contribution in [1.82, 2.24) is 9.21 Å². The molecule has 13 heteroatoms. The number of hydrogen-bond acceptors (Lipinski definition) is 7. The molecule has 0 saturated heterocycles. The molecular weight excluding hydrogens is 525 g/mol. The summed E-state index contributed by atoms with van der Waals surface area (Å²) in [5.74, 6) is -0.854. The third-order valence-corrected chi connectivity index (χ3v) is 8.97. The zero-order chi connectivity index (χ0) is 27.5. The lowest BCUT2D eigenvalue weighted by molar-refractivity contribution is -0.134. The van der Waals surface area contributed by atoms with E-state index in [9.17, 15) is 31.1 Å². The van der Waals surface area contributed by atoms with Gasteiger partial charge < -0.3 is 14.7 Å². The number of nitrogens with zero attached hydrogens (tertiary/aromatic N) is 2. The first-order valence-electron chi connectivity index (χ1n) is 11.6. The number of amides is 1. The van der Waals surface area contributed by atoms with Gasteiger partial charge in [0.05, 0.1) is 36.8 Å². The van der Waals surface area contributed by atoms with Crippen molar-refractivity contribution in [3.05, 3.63) is 53.8 Å². The molecule has 0 fully saturated rings. The second-order valence-electron chi connectivity index (χ2n) is 9.31. The second-order valence-corrected chi connectivity index (χ2v) is 13.1. The topological polar surface area (TPSA) is 133 Å². The first-order valence-corrected chi connectivity index (χ1v) is 14.9. The number of fused-ring (bicyclic) bond motifs is 1. The van der Waals surface area contributed by atoms with Crippen molar-refractivity contribution in [3.63, 3.8) is 0 Å². The summed E-state index contributed by atoms with van der Waals surface area (Å²) in [6.45, 7) is 3.52. The van der Waals surface area contributed by atoms with Gasteiger partial charge in [-0.25, -0.2) is 25.5 Å². The number of anilines is 1. The summed E-state index contributed by atoms with van der Waals surface area (Å²) in [6, 6.07) is 8.33. The van der Waals surface area contributed by atoms with E-state index in [1.54, 1.807) is 6.92 Å². The van der Waals surface area contributed by atoms with Crippen molar-refractivity contribution in [2.75, 3.05) is 37.7 Å². The van der Waals surface area contributed by atoms with Crippen LogP contribution in [0.5, 0.6) is 5.75 Å². The van der Waals surface area contributed by atoms with Gasteiger partial charge in [0.2, 0.25) is 15.9 Å². The molecule has 2 N–H and O–H groups in total. The first kappa shape index (κ1) is 28.8. The fourth-order valence-electron chi connectivity index (χ4n) is 3.93. The van der Waals surface area contributed by atoms with E-state index >= 15 is 0 Å².